The molecule has 0 saturated carbocycles. The summed E-state index contributed by atoms with van der Waals surface area (Å²) in [7, 11) is 0. The molecule has 0 bridgehead atoms. The number of carbonyl (C=O) groups excluding carboxylic acids is 1. The molecule has 0 spiro atoms. The fourth-order valence-electron chi connectivity index (χ4n) is 1.93. The highest BCUT2D eigenvalue weighted by atomic mass is 35.5. The van der Waals surface area contributed by atoms with Gasteiger partial charge in [-0.15, -0.1) is 0 Å². The molecule has 106 valence electrons. The van der Waals surface area contributed by atoms with Gasteiger partial charge in [-0.1, -0.05) is 11.6 Å². The maximum absolute atomic E-state index is 12.0. The zero-order valence-corrected chi connectivity index (χ0v) is 11.7. The van der Waals surface area contributed by atoms with Crippen LogP contribution in [0.15, 0.2) is 22.6 Å². The number of hydrogen-bond acceptors (Lipinski definition) is 3. The summed E-state index contributed by atoms with van der Waals surface area (Å²) in [5.74, 6) is -0.994. The van der Waals surface area contributed by atoms with E-state index in [0.29, 0.717) is 23.6 Å². The summed E-state index contributed by atoms with van der Waals surface area (Å²) in [5, 5.41) is 12.5. The lowest BCUT2D eigenvalue weighted by molar-refractivity contribution is -0.137. The Morgan fingerprint density at radius 1 is 1.40 bits per heavy atom. The fourth-order valence-corrected chi connectivity index (χ4v) is 2.10. The van der Waals surface area contributed by atoms with Crippen molar-refractivity contribution in [3.05, 3.63) is 34.5 Å². The Hall–Kier alpha value is -2.01. The normalized spacial score (nSPS) is 10.7. The molecule has 1 aromatic carbocycles. The van der Waals surface area contributed by atoms with Gasteiger partial charge in [-0.2, -0.15) is 0 Å². The van der Waals surface area contributed by atoms with Crippen molar-refractivity contribution in [2.24, 2.45) is 0 Å². The average Bonchev–Trinajstić information content (AvgIpc) is 2.72. The number of halogens is 1. The third kappa shape index (κ3) is 3.11. The van der Waals surface area contributed by atoms with Crippen LogP contribution in [0.1, 0.15) is 29.0 Å². The maximum atomic E-state index is 12.0. The van der Waals surface area contributed by atoms with Crippen LogP contribution < -0.4 is 5.32 Å². The lowest BCUT2D eigenvalue weighted by Gasteiger charge is -2.02. The second-order valence-corrected chi connectivity index (χ2v) is 4.89. The molecule has 0 radical (unpaired) electrons. The van der Waals surface area contributed by atoms with Crippen molar-refractivity contribution in [3.8, 4) is 0 Å². The molecule has 1 heterocycles. The minimum atomic E-state index is -0.881. The zero-order valence-electron chi connectivity index (χ0n) is 10.9. The van der Waals surface area contributed by atoms with E-state index in [1.165, 1.54) is 0 Å². The predicted molar refractivity (Wildman–Crippen MR) is 75.2 cm³/mol. The molecule has 1 amide bonds. The number of rotatable bonds is 5. The summed E-state index contributed by atoms with van der Waals surface area (Å²) in [4.78, 5) is 22.4. The van der Waals surface area contributed by atoms with Gasteiger partial charge in [-0.25, -0.2) is 0 Å². The Labute approximate surface area is 120 Å². The third-order valence-corrected chi connectivity index (χ3v) is 3.19. The third-order valence-electron chi connectivity index (χ3n) is 2.96. The van der Waals surface area contributed by atoms with Gasteiger partial charge in [0.25, 0.3) is 5.91 Å². The van der Waals surface area contributed by atoms with E-state index in [1.807, 2.05) is 0 Å². The lowest BCUT2D eigenvalue weighted by Crippen LogP contribution is -2.25. The lowest BCUT2D eigenvalue weighted by atomic mass is 10.1. The van der Waals surface area contributed by atoms with Crippen LogP contribution in [0.5, 0.6) is 0 Å². The number of carboxylic acid groups (broad SMARTS) is 1. The van der Waals surface area contributed by atoms with Gasteiger partial charge in [0.15, 0.2) is 5.76 Å². The molecule has 0 unspecified atom stereocenters. The van der Waals surface area contributed by atoms with Crippen LogP contribution in [0.3, 0.4) is 0 Å². The number of hydrogen-bond donors (Lipinski definition) is 2. The highest BCUT2D eigenvalue weighted by Crippen LogP contribution is 2.27. The van der Waals surface area contributed by atoms with E-state index in [4.69, 9.17) is 21.1 Å². The van der Waals surface area contributed by atoms with Gasteiger partial charge in [-0.05, 0) is 31.5 Å². The summed E-state index contributed by atoms with van der Waals surface area (Å²) < 4.78 is 5.51. The van der Waals surface area contributed by atoms with Crippen LogP contribution in [0, 0.1) is 6.92 Å². The van der Waals surface area contributed by atoms with Crippen LogP contribution in [0.2, 0.25) is 5.02 Å². The van der Waals surface area contributed by atoms with Crippen molar-refractivity contribution in [2.75, 3.05) is 6.54 Å². The smallest absolute Gasteiger partial charge is 0.303 e. The number of nitrogens with one attached hydrogen (secondary N) is 1. The largest absolute Gasteiger partial charge is 0.481 e. The second-order valence-electron chi connectivity index (χ2n) is 4.45. The van der Waals surface area contributed by atoms with Crippen molar-refractivity contribution >= 4 is 34.4 Å². The summed E-state index contributed by atoms with van der Waals surface area (Å²) in [6.07, 6.45) is 0.404. The summed E-state index contributed by atoms with van der Waals surface area (Å²) in [5.41, 5.74) is 1.32. The molecular formula is C14H14ClNO4. The quantitative estimate of drug-likeness (QED) is 0.831. The fraction of sp³-hybridized carbons (Fsp3) is 0.286. The molecule has 0 atom stereocenters. The number of furan rings is 1. The van der Waals surface area contributed by atoms with Crippen molar-refractivity contribution in [2.45, 2.75) is 19.8 Å². The summed E-state index contributed by atoms with van der Waals surface area (Å²) in [6, 6.07) is 5.16. The van der Waals surface area contributed by atoms with E-state index < -0.39 is 5.97 Å². The second kappa shape index (κ2) is 5.96. The van der Waals surface area contributed by atoms with E-state index in [2.05, 4.69) is 5.32 Å². The van der Waals surface area contributed by atoms with E-state index in [-0.39, 0.29) is 18.1 Å². The highest BCUT2D eigenvalue weighted by molar-refractivity contribution is 6.31. The molecule has 0 aliphatic heterocycles. The van der Waals surface area contributed by atoms with E-state index in [1.54, 1.807) is 25.1 Å². The number of carboxylic acids is 1. The van der Waals surface area contributed by atoms with Crippen LogP contribution in [-0.2, 0) is 4.79 Å². The Bertz CT molecular complexity index is 662. The molecule has 2 N–H and O–H groups in total. The first-order valence-corrected chi connectivity index (χ1v) is 6.55. The number of benzene rings is 1. The number of fused-ring (bicyclic) bond motifs is 1. The number of amides is 1. The van der Waals surface area contributed by atoms with Gasteiger partial charge in [0, 0.05) is 28.9 Å². The van der Waals surface area contributed by atoms with Crippen LogP contribution >= 0.6 is 11.6 Å². The van der Waals surface area contributed by atoms with Crippen LogP contribution in [0.25, 0.3) is 11.0 Å². The van der Waals surface area contributed by atoms with Crippen LogP contribution in [-0.4, -0.2) is 23.5 Å². The van der Waals surface area contributed by atoms with E-state index in [9.17, 15) is 9.59 Å². The van der Waals surface area contributed by atoms with Crippen LogP contribution in [0.4, 0.5) is 0 Å². The Balaban J connectivity index is 2.10. The number of aliphatic carboxylic acids is 1. The summed E-state index contributed by atoms with van der Waals surface area (Å²) in [6.45, 7) is 2.08. The SMILES string of the molecule is Cc1c(C(=O)NCCCC(=O)O)oc2ccc(Cl)cc12. The first-order valence-electron chi connectivity index (χ1n) is 6.17. The van der Waals surface area contributed by atoms with Crippen molar-refractivity contribution in [1.29, 1.82) is 0 Å². The Kier molecular flexibility index (Phi) is 4.29. The summed E-state index contributed by atoms with van der Waals surface area (Å²) >= 11 is 5.91. The molecule has 0 saturated heterocycles. The minimum absolute atomic E-state index is 0.0228. The highest BCUT2D eigenvalue weighted by Gasteiger charge is 2.17. The Morgan fingerprint density at radius 3 is 2.85 bits per heavy atom. The first-order chi connectivity index (χ1) is 9.49. The van der Waals surface area contributed by atoms with Gasteiger partial charge >= 0.3 is 5.97 Å². The molecule has 0 fully saturated rings. The molecule has 5 nitrogen and oxygen atoms in total. The molecule has 0 aliphatic rings. The molecule has 2 rings (SSSR count). The van der Waals surface area contributed by atoms with Crippen molar-refractivity contribution < 1.29 is 19.1 Å². The van der Waals surface area contributed by atoms with Gasteiger partial charge in [0.1, 0.15) is 5.58 Å². The zero-order chi connectivity index (χ0) is 14.7. The van der Waals surface area contributed by atoms with Gasteiger partial charge in [-0.3, -0.25) is 9.59 Å². The molecule has 20 heavy (non-hydrogen) atoms. The Morgan fingerprint density at radius 2 is 2.15 bits per heavy atom. The number of carbonyl (C=O) groups is 2. The van der Waals surface area contributed by atoms with Crippen molar-refractivity contribution in [3.63, 3.8) is 0 Å². The molecule has 2 aromatic rings. The molecular weight excluding hydrogens is 282 g/mol. The predicted octanol–water partition coefficient (Wildman–Crippen LogP) is 2.99. The van der Waals surface area contributed by atoms with E-state index in [0.717, 1.165) is 10.9 Å². The first kappa shape index (κ1) is 14.4. The molecule has 6 heteroatoms. The molecule has 0 aliphatic carbocycles. The van der Waals surface area contributed by atoms with E-state index >= 15 is 0 Å². The standard InChI is InChI=1S/C14H14ClNO4/c1-8-10-7-9(15)4-5-11(10)20-13(8)14(19)16-6-2-3-12(17)18/h4-5,7H,2-3,6H2,1H3,(H,16,19)(H,17,18). The monoisotopic (exact) mass is 295 g/mol. The van der Waals surface area contributed by atoms with Crippen molar-refractivity contribution in [1.82, 2.24) is 5.32 Å². The molecule has 1 aromatic heterocycles. The minimum Gasteiger partial charge on any atom is -0.481 e. The number of aryl methyl sites for hydroxylation is 1. The van der Waals surface area contributed by atoms with Gasteiger partial charge in [0.2, 0.25) is 0 Å². The van der Waals surface area contributed by atoms with Gasteiger partial charge in [0.05, 0.1) is 0 Å². The topological polar surface area (TPSA) is 79.5 Å². The van der Waals surface area contributed by atoms with Gasteiger partial charge < -0.3 is 14.8 Å². The maximum Gasteiger partial charge on any atom is 0.303 e. The average molecular weight is 296 g/mol.